The highest BCUT2D eigenvalue weighted by Crippen LogP contribution is 2.02. The fourth-order valence-corrected chi connectivity index (χ4v) is 1.48. The Labute approximate surface area is 90.3 Å². The van der Waals surface area contributed by atoms with E-state index < -0.39 is 0 Å². The van der Waals surface area contributed by atoms with Crippen LogP contribution in [-0.4, -0.2) is 12.8 Å². The largest absolute Gasteiger partial charge is 0.363 e. The molecule has 1 N–H and O–H groups in total. The van der Waals surface area contributed by atoms with Gasteiger partial charge >= 0.3 is 0 Å². The van der Waals surface area contributed by atoms with Crippen molar-refractivity contribution in [3.8, 4) is 0 Å². The molecule has 1 aliphatic rings. The standard InChI is InChI=1S/C13H15NO/c1-2-6-12(7-3-1)9-11-15-13-8-4-5-10-14-13/h1-8,10,13-14H,9,11H2/t13-/m0/s1. The van der Waals surface area contributed by atoms with Crippen molar-refractivity contribution in [1.29, 1.82) is 0 Å². The van der Waals surface area contributed by atoms with Crippen molar-refractivity contribution in [2.75, 3.05) is 6.61 Å². The van der Waals surface area contributed by atoms with Crippen LogP contribution in [-0.2, 0) is 11.2 Å². The predicted octanol–water partition coefficient (Wildman–Crippen LogP) is 2.24. The highest BCUT2D eigenvalue weighted by Gasteiger charge is 2.02. The first-order chi connectivity index (χ1) is 7.45. The van der Waals surface area contributed by atoms with E-state index in [0.717, 1.165) is 13.0 Å². The number of benzene rings is 1. The molecule has 0 unspecified atom stereocenters. The molecule has 0 radical (unpaired) electrons. The fraction of sp³-hybridized carbons (Fsp3) is 0.231. The summed E-state index contributed by atoms with van der Waals surface area (Å²) in [7, 11) is 0. The van der Waals surface area contributed by atoms with Crippen LogP contribution in [0.5, 0.6) is 0 Å². The van der Waals surface area contributed by atoms with Gasteiger partial charge in [-0.05, 0) is 30.3 Å². The third-order valence-electron chi connectivity index (χ3n) is 2.28. The van der Waals surface area contributed by atoms with Crippen LogP contribution in [0.4, 0.5) is 0 Å². The van der Waals surface area contributed by atoms with Gasteiger partial charge in [0.15, 0.2) is 0 Å². The number of dihydropyridines is 1. The molecule has 2 heteroatoms. The average molecular weight is 201 g/mol. The van der Waals surface area contributed by atoms with Crippen LogP contribution in [0.15, 0.2) is 54.8 Å². The maximum atomic E-state index is 5.64. The van der Waals surface area contributed by atoms with Crippen molar-refractivity contribution in [3.05, 3.63) is 60.3 Å². The minimum absolute atomic E-state index is 0.0266. The molecular weight excluding hydrogens is 186 g/mol. The zero-order valence-corrected chi connectivity index (χ0v) is 8.60. The number of nitrogens with one attached hydrogen (secondary N) is 1. The molecule has 1 atom stereocenters. The zero-order valence-electron chi connectivity index (χ0n) is 8.60. The Hall–Kier alpha value is -1.54. The van der Waals surface area contributed by atoms with E-state index in [0.29, 0.717) is 0 Å². The summed E-state index contributed by atoms with van der Waals surface area (Å²) in [5, 5.41) is 3.12. The average Bonchev–Trinajstić information content (AvgIpc) is 2.32. The van der Waals surface area contributed by atoms with Gasteiger partial charge in [0.05, 0.1) is 6.61 Å². The van der Waals surface area contributed by atoms with E-state index in [1.54, 1.807) is 0 Å². The first kappa shape index (κ1) is 9.99. The van der Waals surface area contributed by atoms with Gasteiger partial charge < -0.3 is 10.1 Å². The van der Waals surface area contributed by atoms with Gasteiger partial charge in [-0.25, -0.2) is 0 Å². The lowest BCUT2D eigenvalue weighted by molar-refractivity contribution is 0.0733. The summed E-state index contributed by atoms with van der Waals surface area (Å²) < 4.78 is 5.64. The Kier molecular flexibility index (Phi) is 3.58. The minimum atomic E-state index is 0.0266. The van der Waals surface area contributed by atoms with E-state index in [1.807, 2.05) is 30.5 Å². The maximum Gasteiger partial charge on any atom is 0.146 e. The minimum Gasteiger partial charge on any atom is -0.363 e. The van der Waals surface area contributed by atoms with Crippen molar-refractivity contribution in [3.63, 3.8) is 0 Å². The van der Waals surface area contributed by atoms with E-state index >= 15 is 0 Å². The SMILES string of the molecule is C1=CN[C@@H](OCCc2ccccc2)C=C1. The van der Waals surface area contributed by atoms with Gasteiger partial charge in [0, 0.05) is 0 Å². The predicted molar refractivity (Wildman–Crippen MR) is 61.3 cm³/mol. The monoisotopic (exact) mass is 201 g/mol. The van der Waals surface area contributed by atoms with Crippen LogP contribution in [0.1, 0.15) is 5.56 Å². The first-order valence-electron chi connectivity index (χ1n) is 5.20. The second kappa shape index (κ2) is 5.37. The van der Waals surface area contributed by atoms with Crippen LogP contribution >= 0.6 is 0 Å². The summed E-state index contributed by atoms with van der Waals surface area (Å²) in [6, 6.07) is 10.4. The van der Waals surface area contributed by atoms with Crippen LogP contribution in [0.3, 0.4) is 0 Å². The van der Waals surface area contributed by atoms with Gasteiger partial charge in [-0.1, -0.05) is 36.4 Å². The molecular formula is C13H15NO. The van der Waals surface area contributed by atoms with Gasteiger partial charge in [0.1, 0.15) is 6.23 Å². The molecule has 1 aromatic carbocycles. The van der Waals surface area contributed by atoms with E-state index in [9.17, 15) is 0 Å². The third-order valence-corrected chi connectivity index (χ3v) is 2.28. The fourth-order valence-electron chi connectivity index (χ4n) is 1.48. The smallest absolute Gasteiger partial charge is 0.146 e. The van der Waals surface area contributed by atoms with Crippen LogP contribution < -0.4 is 5.32 Å². The molecule has 0 spiro atoms. The summed E-state index contributed by atoms with van der Waals surface area (Å²) in [5.41, 5.74) is 1.31. The highest BCUT2D eigenvalue weighted by molar-refractivity contribution is 5.14. The molecule has 0 fully saturated rings. The molecule has 0 aromatic heterocycles. The van der Waals surface area contributed by atoms with Crippen molar-refractivity contribution in [2.45, 2.75) is 12.6 Å². The molecule has 2 nitrogen and oxygen atoms in total. The second-order valence-corrected chi connectivity index (χ2v) is 3.44. The molecule has 0 saturated carbocycles. The number of allylic oxidation sites excluding steroid dienone is 2. The normalized spacial score (nSPS) is 18.8. The molecule has 78 valence electrons. The molecule has 0 bridgehead atoms. The van der Waals surface area contributed by atoms with Gasteiger partial charge in [0.2, 0.25) is 0 Å². The molecule has 0 aliphatic carbocycles. The number of rotatable bonds is 4. The van der Waals surface area contributed by atoms with Crippen molar-refractivity contribution < 1.29 is 4.74 Å². The Morgan fingerprint density at radius 3 is 2.73 bits per heavy atom. The lowest BCUT2D eigenvalue weighted by Gasteiger charge is -2.16. The Morgan fingerprint density at radius 2 is 2.00 bits per heavy atom. The Balaban J connectivity index is 1.71. The molecule has 1 aliphatic heterocycles. The lowest BCUT2D eigenvalue weighted by Crippen LogP contribution is -2.27. The third kappa shape index (κ3) is 3.26. The Morgan fingerprint density at radius 1 is 1.13 bits per heavy atom. The van der Waals surface area contributed by atoms with Crippen molar-refractivity contribution in [1.82, 2.24) is 5.32 Å². The Bertz CT molecular complexity index is 343. The number of hydrogen-bond acceptors (Lipinski definition) is 2. The van der Waals surface area contributed by atoms with E-state index in [2.05, 4.69) is 29.6 Å². The number of ether oxygens (including phenoxy) is 1. The molecule has 15 heavy (non-hydrogen) atoms. The summed E-state index contributed by atoms with van der Waals surface area (Å²) >= 11 is 0. The van der Waals surface area contributed by atoms with Crippen LogP contribution in [0, 0.1) is 0 Å². The quantitative estimate of drug-likeness (QED) is 0.806. The summed E-state index contributed by atoms with van der Waals surface area (Å²) in [4.78, 5) is 0. The van der Waals surface area contributed by atoms with E-state index in [-0.39, 0.29) is 6.23 Å². The van der Waals surface area contributed by atoms with E-state index in [1.165, 1.54) is 5.56 Å². The van der Waals surface area contributed by atoms with Crippen molar-refractivity contribution >= 4 is 0 Å². The van der Waals surface area contributed by atoms with Crippen LogP contribution in [0.25, 0.3) is 0 Å². The molecule has 1 aromatic rings. The second-order valence-electron chi connectivity index (χ2n) is 3.44. The van der Waals surface area contributed by atoms with Gasteiger partial charge in [-0.15, -0.1) is 0 Å². The van der Waals surface area contributed by atoms with Gasteiger partial charge in [-0.2, -0.15) is 0 Å². The first-order valence-corrected chi connectivity index (χ1v) is 5.20. The van der Waals surface area contributed by atoms with E-state index in [4.69, 9.17) is 4.74 Å². The van der Waals surface area contributed by atoms with Gasteiger partial charge in [-0.3, -0.25) is 0 Å². The summed E-state index contributed by atoms with van der Waals surface area (Å²) in [6.07, 6.45) is 8.83. The molecule has 0 saturated heterocycles. The maximum absolute atomic E-state index is 5.64. The van der Waals surface area contributed by atoms with Gasteiger partial charge in [0.25, 0.3) is 0 Å². The number of hydrogen-bond donors (Lipinski definition) is 1. The van der Waals surface area contributed by atoms with Crippen LogP contribution in [0.2, 0.25) is 0 Å². The zero-order chi connectivity index (χ0) is 10.3. The molecule has 1 heterocycles. The topological polar surface area (TPSA) is 21.3 Å². The highest BCUT2D eigenvalue weighted by atomic mass is 16.5. The molecule has 2 rings (SSSR count). The summed E-state index contributed by atoms with van der Waals surface area (Å²) in [6.45, 7) is 0.736. The lowest BCUT2D eigenvalue weighted by atomic mass is 10.2. The molecule has 0 amide bonds. The van der Waals surface area contributed by atoms with Crippen molar-refractivity contribution in [2.24, 2.45) is 0 Å². The summed E-state index contributed by atoms with van der Waals surface area (Å²) in [5.74, 6) is 0.